The van der Waals surface area contributed by atoms with Crippen molar-refractivity contribution in [3.05, 3.63) is 108 Å². The molecule has 1 aromatic carbocycles. The van der Waals surface area contributed by atoms with E-state index in [1.807, 2.05) is 11.0 Å². The van der Waals surface area contributed by atoms with Gasteiger partial charge in [-0.2, -0.15) is 0 Å². The first-order valence-electron chi connectivity index (χ1n) is 21.0. The number of hydrogen-bond donors (Lipinski definition) is 2. The fourth-order valence-corrected chi connectivity index (χ4v) is 8.83. The van der Waals surface area contributed by atoms with Crippen molar-refractivity contribution in [3.8, 4) is 11.3 Å². The van der Waals surface area contributed by atoms with Gasteiger partial charge in [0.15, 0.2) is 0 Å². The number of fused-ring (bicyclic) bond motifs is 3. The summed E-state index contributed by atoms with van der Waals surface area (Å²) in [5.74, 6) is 1.65. The first-order chi connectivity index (χ1) is 31.3. The number of morpholine rings is 1. The molecule has 0 bridgehead atoms. The molecule has 2 atom stereocenters. The van der Waals surface area contributed by atoms with Crippen LogP contribution in [-0.4, -0.2) is 120 Å². The van der Waals surface area contributed by atoms with Gasteiger partial charge in [-0.15, -0.1) is 0 Å². The molecule has 9 heterocycles. The highest BCUT2D eigenvalue weighted by atomic mass is 35.5. The van der Waals surface area contributed by atoms with E-state index >= 15 is 0 Å². The lowest BCUT2D eigenvalue weighted by Crippen LogP contribution is -2.36. The predicted molar refractivity (Wildman–Crippen MR) is 253 cm³/mol. The summed E-state index contributed by atoms with van der Waals surface area (Å²) in [4.78, 5) is 69.1. The molecule has 3 fully saturated rings. The molecular weight excluding hydrogens is 899 g/mol. The number of aryl methyl sites for hydroxylation is 3. The van der Waals surface area contributed by atoms with Gasteiger partial charge in [-0.1, -0.05) is 46.9 Å². The summed E-state index contributed by atoms with van der Waals surface area (Å²) in [5, 5.41) is 20.8. The molecule has 0 radical (unpaired) electrons. The summed E-state index contributed by atoms with van der Waals surface area (Å²) in [5.41, 5.74) is 4.14. The number of nitrogens with zero attached hydrogens (tertiary/aromatic N) is 12. The van der Waals surface area contributed by atoms with Gasteiger partial charge in [0.2, 0.25) is 0 Å². The van der Waals surface area contributed by atoms with Crippen LogP contribution < -0.4 is 31.4 Å². The molecule has 10 rings (SSSR count). The Morgan fingerprint density at radius 1 is 0.600 bits per heavy atom. The zero-order chi connectivity index (χ0) is 45.9. The van der Waals surface area contributed by atoms with Crippen molar-refractivity contribution in [1.82, 2.24) is 43.6 Å². The smallest absolute Gasteiger partial charge is 0.264 e. The van der Waals surface area contributed by atoms with Gasteiger partial charge in [0.05, 0.1) is 54.4 Å². The van der Waals surface area contributed by atoms with Gasteiger partial charge in [-0.25, -0.2) is 29.9 Å². The molecule has 0 saturated carbocycles. The lowest BCUT2D eigenvalue weighted by Gasteiger charge is -2.29. The number of halogens is 3. The van der Waals surface area contributed by atoms with Gasteiger partial charge in [-0.05, 0) is 31.0 Å². The van der Waals surface area contributed by atoms with Gasteiger partial charge in [0, 0.05) is 109 Å². The van der Waals surface area contributed by atoms with Crippen LogP contribution in [0, 0.1) is 11.8 Å². The van der Waals surface area contributed by atoms with E-state index in [0.29, 0.717) is 62.6 Å². The Hall–Kier alpha value is -5.76. The third kappa shape index (κ3) is 9.78. The Morgan fingerprint density at radius 3 is 1.57 bits per heavy atom. The molecule has 0 unspecified atom stereocenters. The average molecular weight is 946 g/mol. The zero-order valence-electron chi connectivity index (χ0n) is 35.9. The Kier molecular flexibility index (Phi) is 13.9. The molecule has 21 heteroatoms. The second kappa shape index (κ2) is 19.8. The van der Waals surface area contributed by atoms with Crippen molar-refractivity contribution >= 4 is 84.8 Å². The number of aliphatic hydroxyl groups excluding tert-OH is 2. The van der Waals surface area contributed by atoms with Crippen molar-refractivity contribution in [2.24, 2.45) is 33.0 Å². The number of pyridine rings is 3. The van der Waals surface area contributed by atoms with Crippen LogP contribution in [0.1, 0.15) is 12.8 Å². The van der Waals surface area contributed by atoms with Gasteiger partial charge in [0.25, 0.3) is 16.7 Å². The van der Waals surface area contributed by atoms with E-state index < -0.39 is 0 Å². The highest BCUT2D eigenvalue weighted by Crippen LogP contribution is 2.32. The summed E-state index contributed by atoms with van der Waals surface area (Å²) in [7, 11) is 4.96. The molecule has 3 aliphatic rings. The van der Waals surface area contributed by atoms with Crippen molar-refractivity contribution in [3.63, 3.8) is 0 Å². The summed E-state index contributed by atoms with van der Waals surface area (Å²) < 4.78 is 9.70. The van der Waals surface area contributed by atoms with Crippen molar-refractivity contribution in [2.45, 2.75) is 12.8 Å². The third-order valence-electron chi connectivity index (χ3n) is 11.8. The topological polar surface area (TPSA) is 203 Å². The number of anilines is 3. The minimum Gasteiger partial charge on any atom is -0.396 e. The number of hydrogen-bond acceptors (Lipinski definition) is 15. The summed E-state index contributed by atoms with van der Waals surface area (Å²) in [6, 6.07) is 13.4. The van der Waals surface area contributed by atoms with Gasteiger partial charge in [-0.3, -0.25) is 14.4 Å². The SMILES string of the molecule is Cn1cnc2cc(-c3ccc(N4CCOCC4)cc3)nc(N3CC[C@H](CO)C3)c2c1=O.Cn1cnc2cc(Cl)nc(Cl)c2c1=O.Cn1cnc2cc(Cl)nc(N3CC[C@H](CO)C3)c2c1=O. The number of rotatable bonds is 6. The Bertz CT molecular complexity index is 3050. The predicted octanol–water partition coefficient (Wildman–Crippen LogP) is 4.09. The zero-order valence-corrected chi connectivity index (χ0v) is 38.2. The molecule has 7 aromatic rings. The van der Waals surface area contributed by atoms with Crippen LogP contribution in [0.4, 0.5) is 17.3 Å². The summed E-state index contributed by atoms with van der Waals surface area (Å²) >= 11 is 17.5. The number of aromatic nitrogens is 9. The first kappa shape index (κ1) is 45.8. The van der Waals surface area contributed by atoms with Crippen molar-refractivity contribution in [1.29, 1.82) is 0 Å². The molecule has 0 amide bonds. The average Bonchev–Trinajstić information content (AvgIpc) is 4.01. The number of benzene rings is 1. The normalized spacial score (nSPS) is 17.4. The highest BCUT2D eigenvalue weighted by Gasteiger charge is 2.28. The maximum Gasteiger partial charge on any atom is 0.264 e. The van der Waals surface area contributed by atoms with Crippen molar-refractivity contribution < 1.29 is 14.9 Å². The van der Waals surface area contributed by atoms with Crippen LogP contribution in [0.5, 0.6) is 0 Å². The van der Waals surface area contributed by atoms with E-state index in [2.05, 4.69) is 59.0 Å². The molecule has 3 aliphatic heterocycles. The fraction of sp³-hybridized carbons (Fsp3) is 0.386. The Balaban J connectivity index is 0.000000145. The molecule has 2 N–H and O–H groups in total. The fourth-order valence-electron chi connectivity index (χ4n) is 8.14. The summed E-state index contributed by atoms with van der Waals surface area (Å²) in [6.07, 6.45) is 6.22. The maximum absolute atomic E-state index is 12.9. The monoisotopic (exact) mass is 944 g/mol. The quantitative estimate of drug-likeness (QED) is 0.226. The molecule has 18 nitrogen and oxygen atoms in total. The minimum atomic E-state index is -0.232. The minimum absolute atomic E-state index is 0.0844. The second-order valence-electron chi connectivity index (χ2n) is 16.2. The molecule has 340 valence electrons. The van der Waals surface area contributed by atoms with E-state index in [4.69, 9.17) is 44.5 Å². The van der Waals surface area contributed by atoms with Crippen LogP contribution >= 0.6 is 34.8 Å². The second-order valence-corrected chi connectivity index (χ2v) is 17.3. The molecule has 6 aromatic heterocycles. The van der Waals surface area contributed by atoms with E-state index in [-0.39, 0.29) is 52.0 Å². The van der Waals surface area contributed by atoms with Gasteiger partial charge in [0.1, 0.15) is 43.3 Å². The van der Waals surface area contributed by atoms with Crippen LogP contribution in [0.2, 0.25) is 15.5 Å². The Morgan fingerprint density at radius 2 is 1.06 bits per heavy atom. The standard InChI is InChI=1S/C23H27N5O3.C13H15ClN4O2.C8H5Cl2N3O/c1-26-15-24-20-12-19(17-2-4-18(5-3-17)27-8-10-31-11-9-27)25-22(21(20)23(26)30)28-7-6-16(13-28)14-29;1-17-7-15-9-4-10(14)16-12(11(9)13(17)20)18-3-2-8(5-18)6-19;1-13-3-11-4-2-5(9)12-7(10)6(4)8(13)14/h2-5,12,15-16,29H,6-11,13-14H2,1H3;4,7-8,19H,2-3,5-6H2,1H3;2-3H,1H3/t16-;8-;/m00./s1. The lowest BCUT2D eigenvalue weighted by molar-refractivity contribution is 0.122. The van der Waals surface area contributed by atoms with Gasteiger partial charge >= 0.3 is 0 Å². The lowest BCUT2D eigenvalue weighted by atomic mass is 10.1. The largest absolute Gasteiger partial charge is 0.396 e. The van der Waals surface area contributed by atoms with Crippen LogP contribution in [0.3, 0.4) is 0 Å². The van der Waals surface area contributed by atoms with E-state index in [0.717, 1.165) is 63.5 Å². The first-order valence-corrected chi connectivity index (χ1v) is 22.2. The third-order valence-corrected chi connectivity index (χ3v) is 12.5. The van der Waals surface area contributed by atoms with Crippen molar-refractivity contribution in [2.75, 3.05) is 80.4 Å². The molecular formula is C44H47Cl3N12O6. The van der Waals surface area contributed by atoms with Gasteiger partial charge < -0.3 is 43.4 Å². The molecule has 0 spiro atoms. The maximum atomic E-state index is 12.9. The van der Waals surface area contributed by atoms with Crippen LogP contribution in [-0.2, 0) is 25.9 Å². The molecule has 3 saturated heterocycles. The number of ether oxygens (including phenoxy) is 1. The van der Waals surface area contributed by atoms with E-state index in [1.165, 1.54) is 38.1 Å². The van der Waals surface area contributed by atoms with Crippen LogP contribution in [0.25, 0.3) is 44.0 Å². The van der Waals surface area contributed by atoms with E-state index in [1.54, 1.807) is 33.5 Å². The molecule has 0 aliphatic carbocycles. The Labute approximate surface area is 387 Å². The van der Waals surface area contributed by atoms with E-state index in [9.17, 15) is 24.6 Å². The summed E-state index contributed by atoms with van der Waals surface area (Å²) in [6.45, 7) is 6.48. The highest BCUT2D eigenvalue weighted by molar-refractivity contribution is 6.36. The number of aliphatic hydroxyl groups is 2. The molecule has 65 heavy (non-hydrogen) atoms. The van der Waals surface area contributed by atoms with Crippen LogP contribution in [0.15, 0.2) is 75.8 Å².